The van der Waals surface area contributed by atoms with Gasteiger partial charge < -0.3 is 10.4 Å². The summed E-state index contributed by atoms with van der Waals surface area (Å²) in [6.07, 6.45) is 1.16. The van der Waals surface area contributed by atoms with Crippen LogP contribution in [0.5, 0.6) is 0 Å². The molecule has 1 atom stereocenters. The van der Waals surface area contributed by atoms with Gasteiger partial charge in [-0.15, -0.1) is 0 Å². The Kier molecular flexibility index (Phi) is 4.29. The third-order valence-corrected chi connectivity index (χ3v) is 2.99. The van der Waals surface area contributed by atoms with Gasteiger partial charge in [0.15, 0.2) is 0 Å². The van der Waals surface area contributed by atoms with Crippen LogP contribution >= 0.6 is 0 Å². The zero-order valence-electron chi connectivity index (χ0n) is 10.7. The predicted octanol–water partition coefficient (Wildman–Crippen LogP) is 1.11. The fourth-order valence-corrected chi connectivity index (χ4v) is 1.81. The zero-order valence-corrected chi connectivity index (χ0v) is 10.7. The van der Waals surface area contributed by atoms with Gasteiger partial charge in [-0.05, 0) is 23.8 Å². The largest absolute Gasteiger partial charge is 0.387 e. The molecule has 0 saturated carbocycles. The molecule has 1 aromatic heterocycles. The highest BCUT2D eigenvalue weighted by molar-refractivity contribution is 5.32. The predicted molar refractivity (Wildman–Crippen MR) is 71.0 cm³/mol. The summed E-state index contributed by atoms with van der Waals surface area (Å²) in [6, 6.07) is 10.9. The van der Waals surface area contributed by atoms with Crippen molar-refractivity contribution in [3.05, 3.63) is 53.3 Å². The van der Waals surface area contributed by atoms with E-state index in [1.54, 1.807) is 35.1 Å². The molecule has 0 radical (unpaired) electrons. The fourth-order valence-electron chi connectivity index (χ4n) is 1.81. The molecule has 1 aromatic carbocycles. The van der Waals surface area contributed by atoms with Gasteiger partial charge in [0.05, 0.1) is 23.4 Å². The van der Waals surface area contributed by atoms with Gasteiger partial charge in [-0.2, -0.15) is 10.4 Å². The number of aliphatic hydroxyl groups is 1. The molecule has 5 nitrogen and oxygen atoms in total. The third-order valence-electron chi connectivity index (χ3n) is 2.99. The van der Waals surface area contributed by atoms with E-state index in [0.29, 0.717) is 18.7 Å². The Hall–Kier alpha value is -2.16. The maximum absolute atomic E-state index is 10.0. The van der Waals surface area contributed by atoms with E-state index in [2.05, 4.69) is 16.5 Å². The maximum atomic E-state index is 10.0. The van der Waals surface area contributed by atoms with Crippen molar-refractivity contribution < 1.29 is 5.11 Å². The number of benzene rings is 1. The van der Waals surface area contributed by atoms with E-state index in [1.807, 2.05) is 13.1 Å². The van der Waals surface area contributed by atoms with Gasteiger partial charge in [0.25, 0.3) is 0 Å². The molecule has 0 fully saturated rings. The monoisotopic (exact) mass is 256 g/mol. The standard InChI is InChI=1S/C14H16N4O/c1-18-13(6-7-17-18)9-16-10-14(19)12-4-2-11(8-15)3-5-12/h2-7,14,16,19H,9-10H2,1H3. The quantitative estimate of drug-likeness (QED) is 0.840. The number of nitriles is 1. The average Bonchev–Trinajstić information content (AvgIpc) is 2.84. The van der Waals surface area contributed by atoms with E-state index in [0.717, 1.165) is 11.3 Å². The van der Waals surface area contributed by atoms with Crippen LogP contribution in [0.4, 0.5) is 0 Å². The van der Waals surface area contributed by atoms with Crippen molar-refractivity contribution in [2.45, 2.75) is 12.6 Å². The number of aromatic nitrogens is 2. The molecule has 98 valence electrons. The molecule has 0 spiro atoms. The number of aryl methyl sites for hydroxylation is 1. The van der Waals surface area contributed by atoms with Crippen LogP contribution in [0, 0.1) is 11.3 Å². The topological polar surface area (TPSA) is 73.9 Å². The Morgan fingerprint density at radius 3 is 2.68 bits per heavy atom. The molecule has 5 heteroatoms. The summed E-state index contributed by atoms with van der Waals surface area (Å²) in [5.41, 5.74) is 2.46. The number of hydrogen-bond donors (Lipinski definition) is 2. The molecule has 2 N–H and O–H groups in total. The average molecular weight is 256 g/mol. The molecule has 0 saturated heterocycles. The second-order valence-electron chi connectivity index (χ2n) is 4.33. The van der Waals surface area contributed by atoms with Gasteiger partial charge in [0.1, 0.15) is 0 Å². The molecule has 1 heterocycles. The van der Waals surface area contributed by atoms with Crippen molar-refractivity contribution in [3.63, 3.8) is 0 Å². The summed E-state index contributed by atoms with van der Waals surface area (Å²) < 4.78 is 1.79. The van der Waals surface area contributed by atoms with Crippen molar-refractivity contribution in [2.75, 3.05) is 6.54 Å². The van der Waals surface area contributed by atoms with Crippen LogP contribution in [0.3, 0.4) is 0 Å². The van der Waals surface area contributed by atoms with Gasteiger partial charge in [0, 0.05) is 26.3 Å². The van der Waals surface area contributed by atoms with Crippen molar-refractivity contribution in [1.82, 2.24) is 15.1 Å². The first kappa shape index (κ1) is 13.3. The summed E-state index contributed by atoms with van der Waals surface area (Å²) in [5, 5.41) is 26.0. The SMILES string of the molecule is Cn1nccc1CNCC(O)c1ccc(C#N)cc1. The molecular weight excluding hydrogens is 240 g/mol. The van der Waals surface area contributed by atoms with Gasteiger partial charge >= 0.3 is 0 Å². The minimum Gasteiger partial charge on any atom is -0.387 e. The van der Waals surface area contributed by atoms with Crippen LogP contribution in [0.25, 0.3) is 0 Å². The first-order valence-corrected chi connectivity index (χ1v) is 6.06. The molecular formula is C14H16N4O. The Labute approximate surface area is 112 Å². The second kappa shape index (κ2) is 6.14. The highest BCUT2D eigenvalue weighted by Crippen LogP contribution is 2.12. The molecule has 1 unspecified atom stereocenters. The minimum absolute atomic E-state index is 0.455. The number of aliphatic hydroxyl groups excluding tert-OH is 1. The lowest BCUT2D eigenvalue weighted by Gasteiger charge is -2.12. The lowest BCUT2D eigenvalue weighted by Crippen LogP contribution is -2.22. The van der Waals surface area contributed by atoms with Gasteiger partial charge in [-0.3, -0.25) is 4.68 Å². The van der Waals surface area contributed by atoms with Crippen LogP contribution in [0.1, 0.15) is 22.9 Å². The van der Waals surface area contributed by atoms with Crippen LogP contribution in [0.2, 0.25) is 0 Å². The lowest BCUT2D eigenvalue weighted by atomic mass is 10.1. The van der Waals surface area contributed by atoms with E-state index >= 15 is 0 Å². The third kappa shape index (κ3) is 3.41. The Bertz CT molecular complexity index is 568. The van der Waals surface area contributed by atoms with Crippen molar-refractivity contribution in [1.29, 1.82) is 5.26 Å². The minimum atomic E-state index is -0.582. The number of rotatable bonds is 5. The summed E-state index contributed by atoms with van der Waals surface area (Å²) in [5.74, 6) is 0. The number of nitrogens with zero attached hydrogens (tertiary/aromatic N) is 3. The van der Waals surface area contributed by atoms with E-state index in [4.69, 9.17) is 5.26 Å². The smallest absolute Gasteiger partial charge is 0.0991 e. The molecule has 19 heavy (non-hydrogen) atoms. The van der Waals surface area contributed by atoms with Crippen LogP contribution in [-0.4, -0.2) is 21.4 Å². The Morgan fingerprint density at radius 2 is 2.11 bits per heavy atom. The van der Waals surface area contributed by atoms with E-state index < -0.39 is 6.10 Å². The van der Waals surface area contributed by atoms with Gasteiger partial charge in [-0.25, -0.2) is 0 Å². The van der Waals surface area contributed by atoms with Crippen molar-refractivity contribution >= 4 is 0 Å². The zero-order chi connectivity index (χ0) is 13.7. The maximum Gasteiger partial charge on any atom is 0.0991 e. The van der Waals surface area contributed by atoms with Gasteiger partial charge in [0.2, 0.25) is 0 Å². The summed E-state index contributed by atoms with van der Waals surface area (Å²) in [7, 11) is 1.88. The molecule has 2 rings (SSSR count). The second-order valence-corrected chi connectivity index (χ2v) is 4.33. The first-order valence-electron chi connectivity index (χ1n) is 6.06. The molecule has 0 bridgehead atoms. The fraction of sp³-hybridized carbons (Fsp3) is 0.286. The van der Waals surface area contributed by atoms with Crippen LogP contribution in [0.15, 0.2) is 36.5 Å². The highest BCUT2D eigenvalue weighted by atomic mass is 16.3. The first-order chi connectivity index (χ1) is 9.20. The summed E-state index contributed by atoms with van der Waals surface area (Å²) in [6.45, 7) is 1.11. The number of hydrogen-bond acceptors (Lipinski definition) is 4. The van der Waals surface area contributed by atoms with Crippen molar-refractivity contribution in [2.24, 2.45) is 7.05 Å². The van der Waals surface area contributed by atoms with E-state index in [-0.39, 0.29) is 0 Å². The molecule has 2 aromatic rings. The number of nitrogens with one attached hydrogen (secondary N) is 1. The van der Waals surface area contributed by atoms with Crippen LogP contribution in [-0.2, 0) is 13.6 Å². The molecule has 0 amide bonds. The Balaban J connectivity index is 1.85. The van der Waals surface area contributed by atoms with E-state index in [1.165, 1.54) is 0 Å². The van der Waals surface area contributed by atoms with E-state index in [9.17, 15) is 5.11 Å². The van der Waals surface area contributed by atoms with Gasteiger partial charge in [-0.1, -0.05) is 12.1 Å². The van der Waals surface area contributed by atoms with Crippen molar-refractivity contribution in [3.8, 4) is 6.07 Å². The summed E-state index contributed by atoms with van der Waals surface area (Å²) in [4.78, 5) is 0. The normalized spacial score (nSPS) is 12.1. The Morgan fingerprint density at radius 1 is 1.37 bits per heavy atom. The highest BCUT2D eigenvalue weighted by Gasteiger charge is 2.07. The lowest BCUT2D eigenvalue weighted by molar-refractivity contribution is 0.174. The molecule has 0 aliphatic heterocycles. The molecule has 0 aliphatic rings. The molecule has 0 aliphatic carbocycles. The van der Waals surface area contributed by atoms with Crippen LogP contribution < -0.4 is 5.32 Å². The summed E-state index contributed by atoms with van der Waals surface area (Å²) >= 11 is 0.